The summed E-state index contributed by atoms with van der Waals surface area (Å²) in [7, 11) is 3.77. The summed E-state index contributed by atoms with van der Waals surface area (Å²) in [6.07, 6.45) is 9.45. The van der Waals surface area contributed by atoms with E-state index in [-0.39, 0.29) is 17.5 Å². The second kappa shape index (κ2) is 8.33. The molecule has 28 heavy (non-hydrogen) atoms. The molecule has 1 N–H and O–H groups in total. The standard InChI is InChI=1S/C21H33N5O2/c1-24(2)14-19(27)25-12-10-17-16(13-25)21(28)23-20(22-17)18-9-6-11-26(18)15-7-4-3-5-8-15/h15,18H,3-14H2,1-2H3,(H,22,23,28)/t18-/m0/s1. The molecule has 154 valence electrons. The zero-order valence-electron chi connectivity index (χ0n) is 17.2. The lowest BCUT2D eigenvalue weighted by molar-refractivity contribution is -0.132. The fourth-order valence-corrected chi connectivity index (χ4v) is 5.12. The predicted octanol–water partition coefficient (Wildman–Crippen LogP) is 1.69. The van der Waals surface area contributed by atoms with Crippen LogP contribution in [0.4, 0.5) is 0 Å². The van der Waals surface area contributed by atoms with Gasteiger partial charge in [-0.05, 0) is 46.3 Å². The van der Waals surface area contributed by atoms with Gasteiger partial charge in [0.25, 0.3) is 5.56 Å². The van der Waals surface area contributed by atoms with Crippen molar-refractivity contribution in [3.63, 3.8) is 0 Å². The minimum atomic E-state index is -0.0575. The van der Waals surface area contributed by atoms with Gasteiger partial charge in [-0.15, -0.1) is 0 Å². The number of carbonyl (C=O) groups is 1. The van der Waals surface area contributed by atoms with Crippen LogP contribution in [-0.2, 0) is 17.8 Å². The third-order valence-corrected chi connectivity index (χ3v) is 6.54. The third kappa shape index (κ3) is 4.01. The number of H-pyrrole nitrogens is 1. The average Bonchev–Trinajstić information content (AvgIpc) is 3.18. The SMILES string of the molecule is CN(C)CC(=O)N1CCc2nc([C@@H]3CCCN3C3CCCCC3)[nH]c(=O)c2C1. The molecular weight excluding hydrogens is 354 g/mol. The number of hydrogen-bond acceptors (Lipinski definition) is 5. The Labute approximate surface area is 167 Å². The number of likely N-dealkylation sites (tertiary alicyclic amines) is 1. The first-order valence-corrected chi connectivity index (χ1v) is 10.8. The number of rotatable bonds is 4. The molecule has 3 heterocycles. The summed E-state index contributed by atoms with van der Waals surface area (Å²) in [5, 5.41) is 0. The molecule has 1 aromatic rings. The molecule has 4 rings (SSSR count). The molecule has 1 aromatic heterocycles. The molecule has 0 bridgehead atoms. The first-order chi connectivity index (χ1) is 13.5. The number of likely N-dealkylation sites (N-methyl/N-ethyl adjacent to an activating group) is 1. The van der Waals surface area contributed by atoms with Gasteiger partial charge in [0.2, 0.25) is 5.91 Å². The van der Waals surface area contributed by atoms with Gasteiger partial charge in [-0.1, -0.05) is 19.3 Å². The van der Waals surface area contributed by atoms with Gasteiger partial charge in [-0.2, -0.15) is 0 Å². The molecule has 1 aliphatic carbocycles. The molecule has 0 spiro atoms. The van der Waals surface area contributed by atoms with E-state index in [2.05, 4.69) is 9.88 Å². The molecule has 0 radical (unpaired) electrons. The molecule has 3 aliphatic rings. The lowest BCUT2D eigenvalue weighted by atomic mass is 9.93. The summed E-state index contributed by atoms with van der Waals surface area (Å²) >= 11 is 0. The minimum absolute atomic E-state index is 0.0575. The maximum Gasteiger partial charge on any atom is 0.256 e. The summed E-state index contributed by atoms with van der Waals surface area (Å²) in [5.74, 6) is 0.915. The molecular formula is C21H33N5O2. The largest absolute Gasteiger partial charge is 0.337 e. The van der Waals surface area contributed by atoms with Gasteiger partial charge in [0.1, 0.15) is 5.82 Å². The Bertz CT molecular complexity index is 769. The van der Waals surface area contributed by atoms with Crippen molar-refractivity contribution in [2.45, 2.75) is 70.0 Å². The van der Waals surface area contributed by atoms with Gasteiger partial charge in [-0.3, -0.25) is 14.5 Å². The lowest BCUT2D eigenvalue weighted by Gasteiger charge is -2.35. The highest BCUT2D eigenvalue weighted by Crippen LogP contribution is 2.36. The second-order valence-electron chi connectivity index (χ2n) is 8.87. The van der Waals surface area contributed by atoms with Crippen molar-refractivity contribution in [2.75, 3.05) is 33.7 Å². The number of nitrogens with one attached hydrogen (secondary N) is 1. The normalized spacial score (nSPS) is 24.0. The van der Waals surface area contributed by atoms with E-state index in [0.717, 1.165) is 24.5 Å². The first kappa shape index (κ1) is 19.6. The van der Waals surface area contributed by atoms with Crippen LogP contribution in [0, 0.1) is 0 Å². The minimum Gasteiger partial charge on any atom is -0.337 e. The number of amides is 1. The smallest absolute Gasteiger partial charge is 0.256 e. The number of nitrogens with zero attached hydrogens (tertiary/aromatic N) is 4. The van der Waals surface area contributed by atoms with Crippen molar-refractivity contribution in [1.82, 2.24) is 24.7 Å². The Morgan fingerprint density at radius 1 is 1.14 bits per heavy atom. The van der Waals surface area contributed by atoms with Crippen molar-refractivity contribution >= 4 is 5.91 Å². The monoisotopic (exact) mass is 387 g/mol. The molecule has 2 fully saturated rings. The fourth-order valence-electron chi connectivity index (χ4n) is 5.12. The highest BCUT2D eigenvalue weighted by molar-refractivity contribution is 5.78. The molecule has 7 nitrogen and oxygen atoms in total. The maximum atomic E-state index is 12.9. The van der Waals surface area contributed by atoms with Gasteiger partial charge in [0.15, 0.2) is 0 Å². The number of aromatic nitrogens is 2. The van der Waals surface area contributed by atoms with Crippen molar-refractivity contribution in [3.05, 3.63) is 27.4 Å². The molecule has 0 unspecified atom stereocenters. The molecule has 0 aromatic carbocycles. The van der Waals surface area contributed by atoms with Crippen LogP contribution < -0.4 is 5.56 Å². The summed E-state index contributed by atoms with van der Waals surface area (Å²) in [6.45, 7) is 2.51. The zero-order valence-corrected chi connectivity index (χ0v) is 17.2. The molecule has 7 heteroatoms. The molecule has 1 saturated heterocycles. The number of hydrogen-bond donors (Lipinski definition) is 1. The average molecular weight is 388 g/mol. The van der Waals surface area contributed by atoms with Gasteiger partial charge < -0.3 is 14.8 Å². The van der Waals surface area contributed by atoms with Gasteiger partial charge >= 0.3 is 0 Å². The van der Waals surface area contributed by atoms with Crippen molar-refractivity contribution in [1.29, 1.82) is 0 Å². The summed E-state index contributed by atoms with van der Waals surface area (Å²) in [6, 6.07) is 0.885. The van der Waals surface area contributed by atoms with Crippen molar-refractivity contribution in [3.8, 4) is 0 Å². The highest BCUT2D eigenvalue weighted by Gasteiger charge is 2.35. The van der Waals surface area contributed by atoms with Crippen LogP contribution in [0.25, 0.3) is 0 Å². The fraction of sp³-hybridized carbons (Fsp3) is 0.762. The van der Waals surface area contributed by atoms with E-state index in [0.29, 0.717) is 37.7 Å². The topological polar surface area (TPSA) is 72.5 Å². The van der Waals surface area contributed by atoms with E-state index in [4.69, 9.17) is 4.98 Å². The first-order valence-electron chi connectivity index (χ1n) is 10.8. The Balaban J connectivity index is 1.53. The van der Waals surface area contributed by atoms with Gasteiger partial charge in [-0.25, -0.2) is 4.98 Å². The van der Waals surface area contributed by atoms with E-state index >= 15 is 0 Å². The van der Waals surface area contributed by atoms with Crippen LogP contribution in [0.5, 0.6) is 0 Å². The Morgan fingerprint density at radius 3 is 2.68 bits per heavy atom. The van der Waals surface area contributed by atoms with Crippen molar-refractivity contribution < 1.29 is 4.79 Å². The zero-order chi connectivity index (χ0) is 19.7. The summed E-state index contributed by atoms with van der Waals surface area (Å²) in [4.78, 5) is 39.5. The van der Waals surface area contributed by atoms with Crippen LogP contribution >= 0.6 is 0 Å². The molecule has 1 amide bonds. The number of aromatic amines is 1. The highest BCUT2D eigenvalue weighted by atomic mass is 16.2. The van der Waals surface area contributed by atoms with E-state index in [1.165, 1.54) is 38.5 Å². The van der Waals surface area contributed by atoms with E-state index < -0.39 is 0 Å². The van der Waals surface area contributed by atoms with E-state index in [9.17, 15) is 9.59 Å². The Morgan fingerprint density at radius 2 is 1.93 bits per heavy atom. The van der Waals surface area contributed by atoms with Crippen LogP contribution in [-0.4, -0.2) is 70.3 Å². The van der Waals surface area contributed by atoms with Crippen LogP contribution in [0.2, 0.25) is 0 Å². The quantitative estimate of drug-likeness (QED) is 0.851. The Hall–Kier alpha value is -1.73. The van der Waals surface area contributed by atoms with Gasteiger partial charge in [0.05, 0.1) is 30.4 Å². The van der Waals surface area contributed by atoms with Gasteiger partial charge in [0, 0.05) is 19.0 Å². The van der Waals surface area contributed by atoms with Crippen molar-refractivity contribution in [2.24, 2.45) is 0 Å². The lowest BCUT2D eigenvalue weighted by Crippen LogP contribution is -2.44. The second-order valence-corrected chi connectivity index (χ2v) is 8.87. The maximum absolute atomic E-state index is 12.9. The predicted molar refractivity (Wildman–Crippen MR) is 108 cm³/mol. The number of fused-ring (bicyclic) bond motifs is 1. The van der Waals surface area contributed by atoms with Crippen LogP contribution in [0.1, 0.15) is 68.1 Å². The van der Waals surface area contributed by atoms with Crippen LogP contribution in [0.15, 0.2) is 4.79 Å². The van der Waals surface area contributed by atoms with E-state index in [1.54, 1.807) is 4.90 Å². The summed E-state index contributed by atoms with van der Waals surface area (Å²) in [5.41, 5.74) is 1.50. The van der Waals surface area contributed by atoms with E-state index in [1.807, 2.05) is 19.0 Å². The molecule has 1 atom stereocenters. The number of carbonyl (C=O) groups excluding carboxylic acids is 1. The summed E-state index contributed by atoms with van der Waals surface area (Å²) < 4.78 is 0. The third-order valence-electron chi connectivity index (χ3n) is 6.54. The Kier molecular flexibility index (Phi) is 5.83. The molecule has 2 aliphatic heterocycles. The molecule has 1 saturated carbocycles. The van der Waals surface area contributed by atoms with Crippen LogP contribution in [0.3, 0.4) is 0 Å².